The van der Waals surface area contributed by atoms with Crippen LogP contribution in [0.25, 0.3) is 0 Å². The van der Waals surface area contributed by atoms with Gasteiger partial charge in [-0.2, -0.15) is 0 Å². The minimum absolute atomic E-state index is 0.0949. The molecule has 0 bridgehead atoms. The van der Waals surface area contributed by atoms with Gasteiger partial charge >= 0.3 is 6.03 Å². The fourth-order valence-electron chi connectivity index (χ4n) is 9.22. The zero-order valence-electron chi connectivity index (χ0n) is 26.2. The van der Waals surface area contributed by atoms with Crippen molar-refractivity contribution in [3.8, 4) is 0 Å². The Morgan fingerprint density at radius 3 is 2.51 bits per heavy atom. The van der Waals surface area contributed by atoms with E-state index in [1.807, 2.05) is 18.2 Å². The molecule has 238 valence electrons. The molecule has 3 aliphatic heterocycles. The van der Waals surface area contributed by atoms with Crippen LogP contribution in [0.3, 0.4) is 0 Å². The molecule has 3 saturated heterocycles. The first-order valence-electron chi connectivity index (χ1n) is 16.8. The number of amides is 3. The zero-order chi connectivity index (χ0) is 30.4. The van der Waals surface area contributed by atoms with E-state index < -0.39 is 5.92 Å². The van der Waals surface area contributed by atoms with E-state index in [1.165, 1.54) is 0 Å². The lowest BCUT2D eigenvalue weighted by molar-refractivity contribution is -0.130. The van der Waals surface area contributed by atoms with Crippen LogP contribution in [-0.4, -0.2) is 89.1 Å². The highest BCUT2D eigenvalue weighted by molar-refractivity contribution is 5.79. The van der Waals surface area contributed by atoms with Crippen molar-refractivity contribution in [2.75, 3.05) is 32.8 Å². The van der Waals surface area contributed by atoms with Gasteiger partial charge in [0.15, 0.2) is 0 Å². The maximum absolute atomic E-state index is 13.7. The summed E-state index contributed by atoms with van der Waals surface area (Å²) in [6, 6.07) is 11.1. The smallest absolute Gasteiger partial charge is 0.320 e. The van der Waals surface area contributed by atoms with E-state index in [0.29, 0.717) is 23.9 Å². The first kappa shape index (κ1) is 30.8. The Bertz CT molecular complexity index is 1140. The van der Waals surface area contributed by atoms with Crippen molar-refractivity contribution in [2.24, 2.45) is 17.8 Å². The number of hydrogen-bond donors (Lipinski definition) is 1. The Kier molecular flexibility index (Phi) is 8.77. The third-order valence-corrected chi connectivity index (χ3v) is 11.2. The molecule has 5 unspecified atom stereocenters. The van der Waals surface area contributed by atoms with Crippen LogP contribution in [0.2, 0.25) is 0 Å². The molecule has 2 aliphatic carbocycles. The Hall–Kier alpha value is -2.26. The molecule has 6 rings (SSSR count). The van der Waals surface area contributed by atoms with Crippen molar-refractivity contribution >= 4 is 11.9 Å². The number of urea groups is 1. The van der Waals surface area contributed by atoms with E-state index in [-0.39, 0.29) is 61.2 Å². The third-order valence-electron chi connectivity index (χ3n) is 11.2. The number of carbonyl (C=O) groups excluding carboxylic acids is 2. The summed E-state index contributed by atoms with van der Waals surface area (Å²) in [5, 5.41) is 3.26. The molecule has 3 amide bonds. The molecule has 5 aliphatic rings. The largest absolute Gasteiger partial charge is 0.381 e. The van der Waals surface area contributed by atoms with Gasteiger partial charge in [-0.15, -0.1) is 0 Å². The van der Waals surface area contributed by atoms with Gasteiger partial charge < -0.3 is 19.9 Å². The van der Waals surface area contributed by atoms with Crippen molar-refractivity contribution in [1.29, 1.82) is 0 Å². The second-order valence-corrected chi connectivity index (χ2v) is 14.3. The lowest BCUT2D eigenvalue weighted by atomic mass is 9.80. The van der Waals surface area contributed by atoms with Crippen molar-refractivity contribution < 1.29 is 23.1 Å². The molecule has 43 heavy (non-hydrogen) atoms. The van der Waals surface area contributed by atoms with Gasteiger partial charge in [0.05, 0.1) is 18.2 Å². The molecule has 1 aromatic carbocycles. The number of benzene rings is 1. The van der Waals surface area contributed by atoms with Crippen LogP contribution in [0, 0.1) is 17.8 Å². The predicted octanol–water partition coefficient (Wildman–Crippen LogP) is 5.85. The van der Waals surface area contributed by atoms with E-state index >= 15 is 0 Å². The van der Waals surface area contributed by atoms with Gasteiger partial charge in [0.25, 0.3) is 0 Å². The summed E-state index contributed by atoms with van der Waals surface area (Å²) in [5.41, 5.74) is 0.932. The lowest BCUT2D eigenvalue weighted by Crippen LogP contribution is -2.61. The Labute approximate surface area is 255 Å². The van der Waals surface area contributed by atoms with Crippen LogP contribution in [0.5, 0.6) is 0 Å². The predicted molar refractivity (Wildman–Crippen MR) is 162 cm³/mol. The van der Waals surface area contributed by atoms with Gasteiger partial charge in [-0.05, 0) is 70.3 Å². The van der Waals surface area contributed by atoms with Crippen molar-refractivity contribution in [1.82, 2.24) is 20.0 Å². The SMILES string of the molecule is CCC1C2CC3(CC2N1CC[C@H](NC(=O)C1CCC(F)(F)CC1)c1ccccc1)CN(CC1CCOC1)C(=O)N3C(C)C. The van der Waals surface area contributed by atoms with Crippen molar-refractivity contribution in [2.45, 2.75) is 114 Å². The first-order valence-corrected chi connectivity index (χ1v) is 16.8. The number of carbonyl (C=O) groups is 2. The number of nitrogens with one attached hydrogen (secondary N) is 1. The molecule has 6 atom stereocenters. The van der Waals surface area contributed by atoms with Gasteiger partial charge in [-0.3, -0.25) is 9.69 Å². The second-order valence-electron chi connectivity index (χ2n) is 14.3. The highest BCUT2D eigenvalue weighted by Gasteiger charge is 2.63. The number of halogens is 2. The van der Waals surface area contributed by atoms with E-state index in [9.17, 15) is 18.4 Å². The topological polar surface area (TPSA) is 65.1 Å². The molecule has 1 aromatic rings. The number of fused-ring (bicyclic) bond motifs is 1. The fourth-order valence-corrected chi connectivity index (χ4v) is 9.22. The van der Waals surface area contributed by atoms with E-state index in [2.05, 4.69) is 52.9 Å². The molecule has 7 nitrogen and oxygen atoms in total. The van der Waals surface area contributed by atoms with Crippen LogP contribution < -0.4 is 5.32 Å². The van der Waals surface area contributed by atoms with Gasteiger partial charge in [-0.1, -0.05) is 37.3 Å². The Morgan fingerprint density at radius 1 is 1.12 bits per heavy atom. The maximum atomic E-state index is 13.7. The highest BCUT2D eigenvalue weighted by Crippen LogP contribution is 2.54. The molecule has 3 heterocycles. The van der Waals surface area contributed by atoms with E-state index in [4.69, 9.17) is 4.74 Å². The summed E-state index contributed by atoms with van der Waals surface area (Å²) >= 11 is 0. The molecule has 0 radical (unpaired) electrons. The Balaban J connectivity index is 1.13. The number of alkyl halides is 2. The normalized spacial score (nSPS) is 33.3. The summed E-state index contributed by atoms with van der Waals surface area (Å²) in [5.74, 6) is -2.08. The third kappa shape index (κ3) is 6.05. The first-order chi connectivity index (χ1) is 20.6. The summed E-state index contributed by atoms with van der Waals surface area (Å²) in [6.07, 6.45) is 4.98. The van der Waals surface area contributed by atoms with Crippen LogP contribution >= 0.6 is 0 Å². The van der Waals surface area contributed by atoms with Gasteiger partial charge in [0.2, 0.25) is 11.8 Å². The van der Waals surface area contributed by atoms with Gasteiger partial charge in [-0.25, -0.2) is 13.6 Å². The molecule has 5 fully saturated rings. The number of nitrogens with zero attached hydrogens (tertiary/aromatic N) is 3. The molecule has 0 aromatic heterocycles. The molecular weight excluding hydrogens is 550 g/mol. The van der Waals surface area contributed by atoms with Crippen LogP contribution in [0.1, 0.15) is 90.2 Å². The maximum Gasteiger partial charge on any atom is 0.320 e. The second kappa shape index (κ2) is 12.3. The molecule has 1 spiro atoms. The van der Waals surface area contributed by atoms with E-state index in [1.54, 1.807) is 0 Å². The standard InChI is InChI=1S/C34H50F2N4O3/c1-4-29-27-18-33(22-38(20-24-13-17-43-21-24)32(42)40(33)23(2)3)19-30(27)39(29)16-12-28(25-8-6-5-7-9-25)37-31(41)26-10-14-34(35,36)15-11-26/h5-9,23-24,26-30H,4,10-22H2,1-3H3,(H,37,41)/t24?,27?,28-,29?,30?,33?/m0/s1. The van der Waals surface area contributed by atoms with Crippen molar-refractivity contribution in [3.63, 3.8) is 0 Å². The molecular formula is C34H50F2N4O3. The lowest BCUT2D eigenvalue weighted by Gasteiger charge is -2.53. The minimum atomic E-state index is -2.64. The average molecular weight is 601 g/mol. The van der Waals surface area contributed by atoms with E-state index in [0.717, 1.165) is 70.5 Å². The minimum Gasteiger partial charge on any atom is -0.381 e. The number of ether oxygens (including phenoxy) is 1. The zero-order valence-corrected chi connectivity index (χ0v) is 26.2. The van der Waals surface area contributed by atoms with Gasteiger partial charge in [0.1, 0.15) is 0 Å². The molecule has 2 saturated carbocycles. The highest BCUT2D eigenvalue weighted by atomic mass is 19.3. The van der Waals surface area contributed by atoms with Crippen LogP contribution in [0.4, 0.5) is 13.6 Å². The molecule has 1 N–H and O–H groups in total. The summed E-state index contributed by atoms with van der Waals surface area (Å²) in [7, 11) is 0. The van der Waals surface area contributed by atoms with Crippen LogP contribution in [0.15, 0.2) is 30.3 Å². The van der Waals surface area contributed by atoms with Crippen molar-refractivity contribution in [3.05, 3.63) is 35.9 Å². The quantitative estimate of drug-likeness (QED) is 0.366. The average Bonchev–Trinajstić information content (AvgIpc) is 3.67. The van der Waals surface area contributed by atoms with Gasteiger partial charge in [0, 0.05) is 69.0 Å². The monoisotopic (exact) mass is 600 g/mol. The number of likely N-dealkylation sites (tertiary alicyclic amines) is 1. The summed E-state index contributed by atoms with van der Waals surface area (Å²) in [6.45, 7) is 10.6. The number of rotatable bonds is 10. The summed E-state index contributed by atoms with van der Waals surface area (Å²) < 4.78 is 33.1. The Morgan fingerprint density at radius 2 is 1.86 bits per heavy atom. The summed E-state index contributed by atoms with van der Waals surface area (Å²) in [4.78, 5) is 33.9. The molecule has 9 heteroatoms. The van der Waals surface area contributed by atoms with Crippen LogP contribution in [-0.2, 0) is 9.53 Å². The fraction of sp³-hybridized carbons (Fsp3) is 0.765. The number of hydrogen-bond acceptors (Lipinski definition) is 4.